The Morgan fingerprint density at radius 2 is 1.87 bits per heavy atom. The quantitative estimate of drug-likeness (QED) is 0.482. The van der Waals surface area contributed by atoms with Crippen LogP contribution in [0.4, 0.5) is 4.39 Å². The molecule has 2 atom stereocenters. The van der Waals surface area contributed by atoms with E-state index in [-0.39, 0.29) is 12.3 Å². The minimum atomic E-state index is -0.949. The molecule has 0 spiro atoms. The number of hydrogen-bond donors (Lipinski definition) is 3. The molecule has 9 heteroatoms. The number of aromatic amines is 1. The Morgan fingerprint density at radius 3 is 2.39 bits per heavy atom. The van der Waals surface area contributed by atoms with Crippen molar-refractivity contribution in [1.82, 2.24) is 20.6 Å². The molecule has 3 aromatic rings. The van der Waals surface area contributed by atoms with Gasteiger partial charge in [-0.15, -0.1) is 10.2 Å². The van der Waals surface area contributed by atoms with E-state index in [1.54, 1.807) is 36.4 Å². The topological polar surface area (TPSA) is 135 Å². The van der Waals surface area contributed by atoms with Crippen molar-refractivity contribution in [2.45, 2.75) is 32.6 Å². The van der Waals surface area contributed by atoms with E-state index in [1.165, 1.54) is 6.07 Å². The van der Waals surface area contributed by atoms with E-state index in [0.717, 1.165) is 0 Å². The summed E-state index contributed by atoms with van der Waals surface area (Å²) < 4.78 is 14.9. The van der Waals surface area contributed by atoms with Crippen LogP contribution in [0.5, 0.6) is 0 Å². The summed E-state index contributed by atoms with van der Waals surface area (Å²) in [6.45, 7) is 3.89. The lowest BCUT2D eigenvalue weighted by Crippen LogP contribution is -2.26. The zero-order chi connectivity index (χ0) is 22.5. The summed E-state index contributed by atoms with van der Waals surface area (Å²) >= 11 is 0. The monoisotopic (exact) mass is 425 g/mol. The third kappa shape index (κ3) is 5.30. The van der Waals surface area contributed by atoms with Crippen molar-refractivity contribution in [1.29, 1.82) is 0 Å². The fourth-order valence-electron chi connectivity index (χ4n) is 3.67. The van der Waals surface area contributed by atoms with Crippen LogP contribution in [0.15, 0.2) is 42.5 Å². The Morgan fingerprint density at radius 1 is 1.16 bits per heavy atom. The summed E-state index contributed by atoms with van der Waals surface area (Å²) in [5.74, 6) is -2.80. The van der Waals surface area contributed by atoms with Crippen LogP contribution in [-0.2, 0) is 11.2 Å². The van der Waals surface area contributed by atoms with Gasteiger partial charge in [0.15, 0.2) is 5.82 Å². The lowest BCUT2D eigenvalue weighted by atomic mass is 9.81. The number of aromatic nitrogens is 4. The predicted molar refractivity (Wildman–Crippen MR) is 112 cm³/mol. The molecule has 1 aromatic heterocycles. The molecular formula is C22H24FN5O3. The summed E-state index contributed by atoms with van der Waals surface area (Å²) in [6.07, 6.45) is 0.683. The van der Waals surface area contributed by atoms with Crippen molar-refractivity contribution in [3.8, 4) is 11.1 Å². The zero-order valence-corrected chi connectivity index (χ0v) is 17.2. The van der Waals surface area contributed by atoms with Crippen LogP contribution in [0.3, 0.4) is 0 Å². The number of aliphatic carboxylic acids is 1. The number of halogens is 1. The summed E-state index contributed by atoms with van der Waals surface area (Å²) in [5, 5.41) is 23.7. The second kappa shape index (κ2) is 9.46. The van der Waals surface area contributed by atoms with Crippen LogP contribution < -0.4 is 5.73 Å². The number of primary amides is 1. The second-order valence-corrected chi connectivity index (χ2v) is 7.91. The van der Waals surface area contributed by atoms with Gasteiger partial charge in [-0.05, 0) is 48.1 Å². The van der Waals surface area contributed by atoms with E-state index in [0.29, 0.717) is 34.5 Å². The van der Waals surface area contributed by atoms with Gasteiger partial charge in [0.1, 0.15) is 5.82 Å². The Labute approximate surface area is 178 Å². The van der Waals surface area contributed by atoms with Crippen LogP contribution in [-0.4, -0.2) is 37.6 Å². The number of benzene rings is 2. The number of carboxylic acid groups (broad SMARTS) is 1. The van der Waals surface area contributed by atoms with Crippen molar-refractivity contribution in [2.24, 2.45) is 17.6 Å². The van der Waals surface area contributed by atoms with Gasteiger partial charge < -0.3 is 10.8 Å². The number of nitrogens with one attached hydrogen (secondary N) is 1. The Kier molecular flexibility index (Phi) is 6.74. The van der Waals surface area contributed by atoms with Crippen LogP contribution in [0.1, 0.15) is 47.9 Å². The van der Waals surface area contributed by atoms with E-state index in [1.807, 2.05) is 13.8 Å². The molecule has 8 nitrogen and oxygen atoms in total. The Hall–Kier alpha value is -3.62. The smallest absolute Gasteiger partial charge is 0.307 e. The van der Waals surface area contributed by atoms with Gasteiger partial charge in [0.2, 0.25) is 5.91 Å². The van der Waals surface area contributed by atoms with E-state index in [4.69, 9.17) is 5.73 Å². The van der Waals surface area contributed by atoms with Crippen molar-refractivity contribution >= 4 is 11.9 Å². The van der Waals surface area contributed by atoms with Gasteiger partial charge in [0, 0.05) is 17.0 Å². The van der Waals surface area contributed by atoms with Gasteiger partial charge in [-0.2, -0.15) is 5.21 Å². The van der Waals surface area contributed by atoms with Crippen molar-refractivity contribution < 1.29 is 19.1 Å². The van der Waals surface area contributed by atoms with Crippen LogP contribution in [0, 0.1) is 17.7 Å². The first kappa shape index (κ1) is 22.1. The number of H-pyrrole nitrogens is 1. The first-order valence-electron chi connectivity index (χ1n) is 9.91. The summed E-state index contributed by atoms with van der Waals surface area (Å²) in [7, 11) is 0. The number of rotatable bonds is 9. The predicted octanol–water partition coefficient (Wildman–Crippen LogP) is 3.18. The Balaban J connectivity index is 1.89. The molecule has 2 aromatic carbocycles. The number of hydrogen-bond acceptors (Lipinski definition) is 5. The maximum atomic E-state index is 14.9. The number of carboxylic acids is 1. The molecule has 1 amide bonds. The number of tetrazole rings is 1. The fourth-order valence-corrected chi connectivity index (χ4v) is 3.67. The zero-order valence-electron chi connectivity index (χ0n) is 17.2. The average molecular weight is 425 g/mol. The van der Waals surface area contributed by atoms with Gasteiger partial charge >= 0.3 is 5.97 Å². The minimum absolute atomic E-state index is 0.151. The van der Waals surface area contributed by atoms with E-state index >= 15 is 0 Å². The lowest BCUT2D eigenvalue weighted by molar-refractivity contribution is -0.143. The summed E-state index contributed by atoms with van der Waals surface area (Å²) in [4.78, 5) is 23.2. The maximum Gasteiger partial charge on any atom is 0.307 e. The molecule has 0 aliphatic heterocycles. The van der Waals surface area contributed by atoms with Gasteiger partial charge in [-0.1, -0.05) is 43.3 Å². The number of carbonyl (C=O) groups is 2. The maximum absolute atomic E-state index is 14.9. The highest BCUT2D eigenvalue weighted by molar-refractivity contribution is 5.93. The second-order valence-electron chi connectivity index (χ2n) is 7.91. The number of nitrogens with zero attached hydrogens (tertiary/aromatic N) is 3. The van der Waals surface area contributed by atoms with Gasteiger partial charge in [-0.3, -0.25) is 9.59 Å². The summed E-state index contributed by atoms with van der Waals surface area (Å²) in [6, 6.07) is 11.1. The number of amides is 1. The molecule has 0 saturated carbocycles. The molecule has 31 heavy (non-hydrogen) atoms. The molecule has 162 valence electrons. The molecule has 0 aliphatic carbocycles. The third-order valence-electron chi connectivity index (χ3n) is 5.19. The van der Waals surface area contributed by atoms with Crippen LogP contribution in [0.2, 0.25) is 0 Å². The highest BCUT2D eigenvalue weighted by atomic mass is 19.1. The van der Waals surface area contributed by atoms with Crippen molar-refractivity contribution in [3.63, 3.8) is 0 Å². The SMILES string of the molecule is CC(C)C[C@H](C(=O)O)[C@H](Cc1ccc(-c2ccc(C(N)=O)cc2)c(F)c1)c1nn[nH]n1. The standard InChI is InChI=1S/C22H24FN5O3/c1-12(2)9-18(22(30)31)17(21-25-27-28-26-21)10-13-3-8-16(19(23)11-13)14-4-6-15(7-5-14)20(24)29/h3-8,11-12,17-18H,9-10H2,1-2H3,(H2,24,29)(H,30,31)(H,25,26,27,28)/t17-,18-/m0/s1. The van der Waals surface area contributed by atoms with Gasteiger partial charge in [0.05, 0.1) is 5.92 Å². The fraction of sp³-hybridized carbons (Fsp3) is 0.318. The van der Waals surface area contributed by atoms with Crippen LogP contribution in [0.25, 0.3) is 11.1 Å². The average Bonchev–Trinajstić information content (AvgIpc) is 3.25. The third-order valence-corrected chi connectivity index (χ3v) is 5.19. The molecule has 0 aliphatic rings. The van der Waals surface area contributed by atoms with Crippen LogP contribution >= 0.6 is 0 Å². The molecule has 0 fully saturated rings. The minimum Gasteiger partial charge on any atom is -0.481 e. The Bertz CT molecular complexity index is 1050. The lowest BCUT2D eigenvalue weighted by Gasteiger charge is -2.23. The molecular weight excluding hydrogens is 401 g/mol. The largest absolute Gasteiger partial charge is 0.481 e. The van der Waals surface area contributed by atoms with Crippen molar-refractivity contribution in [2.75, 3.05) is 0 Å². The highest BCUT2D eigenvalue weighted by Gasteiger charge is 2.33. The normalized spacial score (nSPS) is 13.2. The first-order chi connectivity index (χ1) is 14.8. The molecule has 0 radical (unpaired) electrons. The molecule has 1 heterocycles. The van der Waals surface area contributed by atoms with Crippen molar-refractivity contribution in [3.05, 3.63) is 65.2 Å². The van der Waals surface area contributed by atoms with E-state index in [9.17, 15) is 19.1 Å². The van der Waals surface area contributed by atoms with Gasteiger partial charge in [0.25, 0.3) is 0 Å². The number of carbonyl (C=O) groups excluding carboxylic acids is 1. The summed E-state index contributed by atoms with van der Waals surface area (Å²) in [5.41, 5.74) is 7.18. The molecule has 3 rings (SSSR count). The number of nitrogens with two attached hydrogens (primary N) is 1. The van der Waals surface area contributed by atoms with E-state index in [2.05, 4.69) is 20.6 Å². The molecule has 0 bridgehead atoms. The highest BCUT2D eigenvalue weighted by Crippen LogP contribution is 2.32. The molecule has 0 unspecified atom stereocenters. The van der Waals surface area contributed by atoms with Gasteiger partial charge in [-0.25, -0.2) is 4.39 Å². The first-order valence-corrected chi connectivity index (χ1v) is 9.91. The van der Waals surface area contributed by atoms with E-state index < -0.39 is 29.5 Å². The molecule has 0 saturated heterocycles. The molecule has 4 N–H and O–H groups in total.